The van der Waals surface area contributed by atoms with Gasteiger partial charge in [-0.2, -0.15) is 0 Å². The van der Waals surface area contributed by atoms with Gasteiger partial charge in [-0.25, -0.2) is 13.6 Å². The van der Waals surface area contributed by atoms with Crippen molar-refractivity contribution < 1.29 is 13.2 Å². The Morgan fingerprint density at radius 3 is 2.62 bits per heavy atom. The van der Waals surface area contributed by atoms with E-state index in [0.29, 0.717) is 4.90 Å². The molecule has 116 valence electrons. The highest BCUT2D eigenvalue weighted by molar-refractivity contribution is 8.00. The molecular weight excluding hydrogens is 312 g/mol. The number of thioether (sulfide) groups is 1. The van der Waals surface area contributed by atoms with Crippen LogP contribution in [0.3, 0.4) is 0 Å². The summed E-state index contributed by atoms with van der Waals surface area (Å²) in [5.74, 6) is -0.408. The number of guanidine groups is 1. The lowest BCUT2D eigenvalue weighted by atomic mass is 10.2. The molecule has 0 unspecified atom stereocenters. The van der Waals surface area contributed by atoms with Crippen molar-refractivity contribution in [1.29, 1.82) is 5.41 Å². The second-order valence-corrected chi connectivity index (χ2v) is 6.94. The lowest BCUT2D eigenvalue weighted by Crippen LogP contribution is -2.35. The summed E-state index contributed by atoms with van der Waals surface area (Å²) in [6.45, 7) is 2.04. The normalized spacial score (nSPS) is 11.1. The minimum atomic E-state index is -3.94. The number of carbonyl (C=O) groups excluding carboxylic acids is 1. The minimum absolute atomic E-state index is 0.0778. The van der Waals surface area contributed by atoms with Crippen LogP contribution in [-0.2, 0) is 10.0 Å². The van der Waals surface area contributed by atoms with Crippen LogP contribution < -0.4 is 16.2 Å². The van der Waals surface area contributed by atoms with Crippen molar-refractivity contribution in [2.24, 2.45) is 10.9 Å². The van der Waals surface area contributed by atoms with Crippen LogP contribution in [0, 0.1) is 5.41 Å². The maximum atomic E-state index is 11.7. The number of nitrogens with two attached hydrogens (primary N) is 2. The van der Waals surface area contributed by atoms with Crippen LogP contribution in [-0.4, -0.2) is 26.0 Å². The van der Waals surface area contributed by atoms with E-state index in [1.54, 1.807) is 0 Å². The van der Waals surface area contributed by atoms with E-state index in [9.17, 15) is 13.2 Å². The van der Waals surface area contributed by atoms with Crippen molar-refractivity contribution in [2.75, 3.05) is 5.75 Å². The number of sulfonamides is 1. The predicted octanol–water partition coefficient (Wildman–Crippen LogP) is 0.849. The van der Waals surface area contributed by atoms with Crippen molar-refractivity contribution in [2.45, 2.75) is 29.6 Å². The highest BCUT2D eigenvalue weighted by Crippen LogP contribution is 2.27. The molecule has 0 saturated carbocycles. The van der Waals surface area contributed by atoms with E-state index in [0.717, 1.165) is 18.6 Å². The molecule has 0 heterocycles. The van der Waals surface area contributed by atoms with Gasteiger partial charge in [0, 0.05) is 10.5 Å². The van der Waals surface area contributed by atoms with Crippen LogP contribution in [0.5, 0.6) is 0 Å². The SMILES string of the molecule is CCCCSc1ccc(C(=O)NC(=N)N)cc1S(N)(=O)=O. The first-order valence-corrected chi connectivity index (χ1v) is 8.74. The molecular formula is C12H18N4O3S2. The number of carbonyl (C=O) groups is 1. The molecule has 1 aromatic rings. The molecule has 0 fully saturated rings. The minimum Gasteiger partial charge on any atom is -0.370 e. The highest BCUT2D eigenvalue weighted by Gasteiger charge is 2.17. The van der Waals surface area contributed by atoms with Crippen LogP contribution in [0.1, 0.15) is 30.1 Å². The average Bonchev–Trinajstić information content (AvgIpc) is 2.37. The third kappa shape index (κ3) is 5.37. The van der Waals surface area contributed by atoms with Crippen LogP contribution >= 0.6 is 11.8 Å². The van der Waals surface area contributed by atoms with Gasteiger partial charge in [-0.05, 0) is 30.4 Å². The summed E-state index contributed by atoms with van der Waals surface area (Å²) < 4.78 is 23.3. The maximum absolute atomic E-state index is 11.7. The Bertz CT molecular complexity index is 644. The Morgan fingerprint density at radius 2 is 2.10 bits per heavy atom. The molecule has 0 bridgehead atoms. The fourth-order valence-corrected chi connectivity index (χ4v) is 3.70. The van der Waals surface area contributed by atoms with Gasteiger partial charge >= 0.3 is 0 Å². The molecule has 9 heteroatoms. The fraction of sp³-hybridized carbons (Fsp3) is 0.333. The van der Waals surface area contributed by atoms with Gasteiger partial charge in [0.25, 0.3) is 5.91 Å². The van der Waals surface area contributed by atoms with Crippen molar-refractivity contribution in [3.63, 3.8) is 0 Å². The molecule has 0 radical (unpaired) electrons. The fourth-order valence-electron chi connectivity index (χ4n) is 1.51. The predicted molar refractivity (Wildman–Crippen MR) is 82.8 cm³/mol. The lowest BCUT2D eigenvalue weighted by molar-refractivity contribution is 0.0976. The smallest absolute Gasteiger partial charge is 0.257 e. The van der Waals surface area contributed by atoms with Crippen molar-refractivity contribution in [1.82, 2.24) is 5.32 Å². The van der Waals surface area contributed by atoms with Gasteiger partial charge in [0.15, 0.2) is 5.96 Å². The van der Waals surface area contributed by atoms with Gasteiger partial charge in [-0.1, -0.05) is 13.3 Å². The van der Waals surface area contributed by atoms with E-state index in [1.807, 2.05) is 6.92 Å². The van der Waals surface area contributed by atoms with Gasteiger partial charge in [-0.3, -0.25) is 15.5 Å². The zero-order valence-corrected chi connectivity index (χ0v) is 13.2. The zero-order chi connectivity index (χ0) is 16.0. The molecule has 21 heavy (non-hydrogen) atoms. The third-order valence-electron chi connectivity index (χ3n) is 2.52. The molecule has 7 nitrogen and oxygen atoms in total. The summed E-state index contributed by atoms with van der Waals surface area (Å²) in [7, 11) is -3.94. The van der Waals surface area contributed by atoms with Gasteiger partial charge in [0.05, 0.1) is 4.90 Å². The van der Waals surface area contributed by atoms with Gasteiger partial charge < -0.3 is 5.73 Å². The third-order valence-corrected chi connectivity index (χ3v) is 4.76. The molecule has 0 spiro atoms. The number of primary sulfonamides is 1. The summed E-state index contributed by atoms with van der Waals surface area (Å²) in [6.07, 6.45) is 1.94. The first-order valence-electron chi connectivity index (χ1n) is 6.20. The van der Waals surface area contributed by atoms with E-state index in [-0.39, 0.29) is 10.5 Å². The second-order valence-electron chi connectivity index (χ2n) is 4.28. The Morgan fingerprint density at radius 1 is 1.43 bits per heavy atom. The summed E-state index contributed by atoms with van der Waals surface area (Å²) >= 11 is 1.38. The largest absolute Gasteiger partial charge is 0.370 e. The summed E-state index contributed by atoms with van der Waals surface area (Å²) in [6, 6.07) is 4.21. The number of hydrogen-bond acceptors (Lipinski definition) is 5. The number of unbranched alkanes of at least 4 members (excludes halogenated alkanes) is 1. The number of hydrogen-bond donors (Lipinski definition) is 4. The van der Waals surface area contributed by atoms with E-state index in [1.165, 1.54) is 30.0 Å². The molecule has 0 aromatic heterocycles. The number of rotatable bonds is 6. The molecule has 0 atom stereocenters. The molecule has 0 aliphatic heterocycles. The molecule has 6 N–H and O–H groups in total. The Balaban J connectivity index is 3.13. The molecule has 0 saturated heterocycles. The number of nitrogens with one attached hydrogen (secondary N) is 2. The Labute approximate surface area is 128 Å². The lowest BCUT2D eigenvalue weighted by Gasteiger charge is -2.10. The topological polar surface area (TPSA) is 139 Å². The first-order chi connectivity index (χ1) is 9.75. The number of benzene rings is 1. The van der Waals surface area contributed by atoms with Crippen molar-refractivity contribution in [3.8, 4) is 0 Å². The molecule has 1 aromatic carbocycles. The molecule has 0 aliphatic rings. The van der Waals surface area contributed by atoms with E-state index >= 15 is 0 Å². The Hall–Kier alpha value is -1.58. The zero-order valence-electron chi connectivity index (χ0n) is 11.5. The summed E-state index contributed by atoms with van der Waals surface area (Å²) in [4.78, 5) is 12.1. The van der Waals surface area contributed by atoms with Crippen LogP contribution in [0.25, 0.3) is 0 Å². The molecule has 1 rings (SSSR count). The Kier molecular flexibility index (Phi) is 6.19. The molecule has 0 aliphatic carbocycles. The maximum Gasteiger partial charge on any atom is 0.257 e. The van der Waals surface area contributed by atoms with Crippen LogP contribution in [0.15, 0.2) is 28.0 Å². The van der Waals surface area contributed by atoms with E-state index in [2.05, 4.69) is 5.32 Å². The highest BCUT2D eigenvalue weighted by atomic mass is 32.2. The second kappa shape index (κ2) is 7.43. The van der Waals surface area contributed by atoms with Crippen LogP contribution in [0.4, 0.5) is 0 Å². The van der Waals surface area contributed by atoms with Crippen molar-refractivity contribution >= 4 is 33.7 Å². The molecule has 1 amide bonds. The van der Waals surface area contributed by atoms with E-state index < -0.39 is 21.9 Å². The van der Waals surface area contributed by atoms with Gasteiger partial charge in [0.2, 0.25) is 10.0 Å². The standard InChI is InChI=1S/C12H18N4O3S2/c1-2-3-6-20-9-5-4-8(11(17)16-12(13)14)7-10(9)21(15,18)19/h4-5,7H,2-3,6H2,1H3,(H2,15,18,19)(H4,13,14,16,17). The van der Waals surface area contributed by atoms with E-state index in [4.69, 9.17) is 16.3 Å². The first kappa shape index (κ1) is 17.5. The summed E-state index contributed by atoms with van der Waals surface area (Å²) in [5, 5.41) is 14.3. The van der Waals surface area contributed by atoms with Gasteiger partial charge in [-0.15, -0.1) is 11.8 Å². The number of amides is 1. The average molecular weight is 330 g/mol. The van der Waals surface area contributed by atoms with Crippen LogP contribution in [0.2, 0.25) is 0 Å². The quantitative estimate of drug-likeness (QED) is 0.265. The monoisotopic (exact) mass is 330 g/mol. The van der Waals surface area contributed by atoms with Crippen molar-refractivity contribution in [3.05, 3.63) is 23.8 Å². The van der Waals surface area contributed by atoms with Gasteiger partial charge in [0.1, 0.15) is 0 Å². The summed E-state index contributed by atoms with van der Waals surface area (Å²) in [5.41, 5.74) is 5.15.